The largest absolute Gasteiger partial charge is 0.493 e. The molecule has 2 rings (SSSR count). The molecule has 1 aromatic rings. The number of methoxy groups -OCH3 is 2. The van der Waals surface area contributed by atoms with Gasteiger partial charge in [0.25, 0.3) is 0 Å². The SMILES string of the molecule is COc1cc(F)c(C(Cl)C2CCCCC2(C)C)cc1OC. The Hall–Kier alpha value is -0.960. The smallest absolute Gasteiger partial charge is 0.163 e. The van der Waals surface area contributed by atoms with Crippen LogP contribution in [0.3, 0.4) is 0 Å². The van der Waals surface area contributed by atoms with E-state index in [4.69, 9.17) is 21.1 Å². The molecule has 0 spiro atoms. The minimum atomic E-state index is -0.347. The molecule has 0 N–H and O–H groups in total. The van der Waals surface area contributed by atoms with Crippen LogP contribution in [0.5, 0.6) is 11.5 Å². The van der Waals surface area contributed by atoms with Crippen LogP contribution in [-0.4, -0.2) is 14.2 Å². The van der Waals surface area contributed by atoms with Crippen LogP contribution >= 0.6 is 11.6 Å². The third-order valence-corrected chi connectivity index (χ3v) is 5.28. The van der Waals surface area contributed by atoms with E-state index in [1.54, 1.807) is 13.2 Å². The van der Waals surface area contributed by atoms with Gasteiger partial charge in [0.15, 0.2) is 11.5 Å². The van der Waals surface area contributed by atoms with E-state index in [-0.39, 0.29) is 22.5 Å². The number of hydrogen-bond acceptors (Lipinski definition) is 2. The van der Waals surface area contributed by atoms with Crippen molar-refractivity contribution < 1.29 is 13.9 Å². The molecule has 1 saturated carbocycles. The quantitative estimate of drug-likeness (QED) is 0.698. The zero-order valence-corrected chi connectivity index (χ0v) is 14.0. The van der Waals surface area contributed by atoms with E-state index in [1.165, 1.54) is 19.6 Å². The van der Waals surface area contributed by atoms with Crippen LogP contribution in [0.25, 0.3) is 0 Å². The van der Waals surface area contributed by atoms with Crippen molar-refractivity contribution in [2.45, 2.75) is 44.9 Å². The number of alkyl halides is 1. The van der Waals surface area contributed by atoms with Crippen LogP contribution in [0, 0.1) is 17.2 Å². The topological polar surface area (TPSA) is 18.5 Å². The summed E-state index contributed by atoms with van der Waals surface area (Å²) in [6.07, 6.45) is 4.55. The predicted molar refractivity (Wildman–Crippen MR) is 83.8 cm³/mol. The van der Waals surface area contributed by atoms with Gasteiger partial charge in [0.05, 0.1) is 19.6 Å². The van der Waals surface area contributed by atoms with Gasteiger partial charge in [-0.2, -0.15) is 0 Å². The first-order valence-corrected chi connectivity index (χ1v) is 7.90. The number of rotatable bonds is 4. The molecule has 21 heavy (non-hydrogen) atoms. The highest BCUT2D eigenvalue weighted by Crippen LogP contribution is 2.50. The van der Waals surface area contributed by atoms with E-state index < -0.39 is 0 Å². The summed E-state index contributed by atoms with van der Waals surface area (Å²) in [5.74, 6) is 0.855. The zero-order valence-electron chi connectivity index (χ0n) is 13.2. The number of halogens is 2. The van der Waals surface area contributed by atoms with Crippen molar-refractivity contribution in [3.8, 4) is 11.5 Å². The van der Waals surface area contributed by atoms with Gasteiger partial charge in [0.1, 0.15) is 5.82 Å². The average molecular weight is 315 g/mol. The minimum absolute atomic E-state index is 0.129. The van der Waals surface area contributed by atoms with Crippen LogP contribution in [0.1, 0.15) is 50.5 Å². The van der Waals surface area contributed by atoms with E-state index in [1.807, 2.05) is 0 Å². The Balaban J connectivity index is 2.36. The number of hydrogen-bond donors (Lipinski definition) is 0. The summed E-state index contributed by atoms with van der Waals surface area (Å²) in [4.78, 5) is 0. The summed E-state index contributed by atoms with van der Waals surface area (Å²) in [7, 11) is 3.05. The predicted octanol–water partition coefficient (Wildman–Crippen LogP) is 5.34. The van der Waals surface area contributed by atoms with Gasteiger partial charge in [-0.1, -0.05) is 26.7 Å². The van der Waals surface area contributed by atoms with Gasteiger partial charge in [-0.25, -0.2) is 4.39 Å². The molecule has 0 bridgehead atoms. The van der Waals surface area contributed by atoms with Gasteiger partial charge in [-0.3, -0.25) is 0 Å². The van der Waals surface area contributed by atoms with Gasteiger partial charge < -0.3 is 9.47 Å². The van der Waals surface area contributed by atoms with Gasteiger partial charge in [-0.15, -0.1) is 11.6 Å². The molecule has 1 aliphatic rings. The minimum Gasteiger partial charge on any atom is -0.493 e. The second kappa shape index (κ2) is 6.43. The lowest BCUT2D eigenvalue weighted by Gasteiger charge is -2.41. The maximum absolute atomic E-state index is 14.4. The van der Waals surface area contributed by atoms with E-state index in [0.29, 0.717) is 17.1 Å². The standard InChI is InChI=1S/C17H24ClFO2/c1-17(2)8-6-5-7-12(17)16(18)11-9-14(20-3)15(21-4)10-13(11)19/h9-10,12,16H,5-8H2,1-4H3. The van der Waals surface area contributed by atoms with Crippen molar-refractivity contribution in [3.63, 3.8) is 0 Å². The fourth-order valence-electron chi connectivity index (χ4n) is 3.36. The first-order valence-electron chi connectivity index (χ1n) is 7.46. The van der Waals surface area contributed by atoms with E-state index in [0.717, 1.165) is 19.3 Å². The zero-order chi connectivity index (χ0) is 15.6. The Labute approximate surface area is 131 Å². The van der Waals surface area contributed by atoms with Gasteiger partial charge in [0.2, 0.25) is 0 Å². The number of ether oxygens (including phenoxy) is 2. The summed E-state index contributed by atoms with van der Waals surface area (Å²) in [6, 6.07) is 3.04. The van der Waals surface area contributed by atoms with Gasteiger partial charge in [-0.05, 0) is 30.2 Å². The van der Waals surface area contributed by atoms with Gasteiger partial charge in [0, 0.05) is 11.6 Å². The second-order valence-electron chi connectivity index (χ2n) is 6.47. The van der Waals surface area contributed by atoms with Crippen molar-refractivity contribution in [1.29, 1.82) is 0 Å². The lowest BCUT2D eigenvalue weighted by Crippen LogP contribution is -2.31. The molecule has 0 aliphatic heterocycles. The lowest BCUT2D eigenvalue weighted by molar-refractivity contribution is 0.132. The lowest BCUT2D eigenvalue weighted by atomic mass is 9.66. The molecule has 1 aromatic carbocycles. The summed E-state index contributed by atoms with van der Waals surface area (Å²) >= 11 is 6.66. The Morgan fingerprint density at radius 2 is 1.81 bits per heavy atom. The molecule has 0 amide bonds. The molecule has 0 aromatic heterocycles. The van der Waals surface area contributed by atoms with Crippen molar-refractivity contribution in [2.24, 2.45) is 11.3 Å². The van der Waals surface area contributed by atoms with Crippen molar-refractivity contribution in [2.75, 3.05) is 14.2 Å². The summed E-state index contributed by atoms with van der Waals surface area (Å²) in [6.45, 7) is 4.45. The highest BCUT2D eigenvalue weighted by Gasteiger charge is 2.38. The molecular weight excluding hydrogens is 291 g/mol. The van der Waals surface area contributed by atoms with Crippen molar-refractivity contribution in [3.05, 3.63) is 23.5 Å². The molecule has 118 valence electrons. The van der Waals surface area contributed by atoms with E-state index in [2.05, 4.69) is 13.8 Å². The Morgan fingerprint density at radius 1 is 1.19 bits per heavy atom. The van der Waals surface area contributed by atoms with Crippen LogP contribution in [0.2, 0.25) is 0 Å². The average Bonchev–Trinajstić information content (AvgIpc) is 2.45. The van der Waals surface area contributed by atoms with Crippen LogP contribution in [0.4, 0.5) is 4.39 Å². The fraction of sp³-hybridized carbons (Fsp3) is 0.647. The van der Waals surface area contributed by atoms with E-state index >= 15 is 0 Å². The summed E-state index contributed by atoms with van der Waals surface area (Å²) in [5.41, 5.74) is 0.638. The molecule has 2 unspecified atom stereocenters. The first kappa shape index (κ1) is 16.4. The van der Waals surface area contributed by atoms with Crippen LogP contribution in [-0.2, 0) is 0 Å². The Bertz CT molecular complexity index is 502. The van der Waals surface area contributed by atoms with Crippen molar-refractivity contribution >= 4 is 11.6 Å². The summed E-state index contributed by atoms with van der Waals surface area (Å²) < 4.78 is 24.8. The third kappa shape index (κ3) is 3.28. The molecule has 4 heteroatoms. The van der Waals surface area contributed by atoms with E-state index in [9.17, 15) is 4.39 Å². The fourth-order valence-corrected chi connectivity index (χ4v) is 4.00. The highest BCUT2D eigenvalue weighted by atomic mass is 35.5. The van der Waals surface area contributed by atoms with Crippen LogP contribution in [0.15, 0.2) is 12.1 Å². The molecular formula is C17H24ClFO2. The molecule has 0 radical (unpaired) electrons. The third-order valence-electron chi connectivity index (χ3n) is 4.74. The maximum Gasteiger partial charge on any atom is 0.163 e. The Kier molecular flexibility index (Phi) is 5.03. The molecule has 0 heterocycles. The van der Waals surface area contributed by atoms with Crippen molar-refractivity contribution in [1.82, 2.24) is 0 Å². The normalized spacial score (nSPS) is 22.7. The molecule has 0 saturated heterocycles. The van der Waals surface area contributed by atoms with Gasteiger partial charge >= 0.3 is 0 Å². The summed E-state index contributed by atoms with van der Waals surface area (Å²) in [5, 5.41) is -0.347. The molecule has 1 aliphatic carbocycles. The monoisotopic (exact) mass is 314 g/mol. The maximum atomic E-state index is 14.4. The molecule has 1 fully saturated rings. The number of benzene rings is 1. The Morgan fingerprint density at radius 3 is 2.38 bits per heavy atom. The highest BCUT2D eigenvalue weighted by molar-refractivity contribution is 6.21. The second-order valence-corrected chi connectivity index (χ2v) is 6.94. The van der Waals surface area contributed by atoms with Crippen LogP contribution < -0.4 is 9.47 Å². The molecule has 2 nitrogen and oxygen atoms in total. The first-order chi connectivity index (χ1) is 9.90. The molecule has 2 atom stereocenters.